The number of thiol groups is 1. The maximum atomic E-state index is 13.7. The van der Waals surface area contributed by atoms with Gasteiger partial charge in [-0.2, -0.15) is 12.6 Å². The maximum absolute atomic E-state index is 13.7. The molecule has 8 N–H and O–H groups in total. The predicted molar refractivity (Wildman–Crippen MR) is 179 cm³/mol. The second-order valence-corrected chi connectivity index (χ2v) is 11.5. The predicted octanol–water partition coefficient (Wildman–Crippen LogP) is 2.47. The standard InChI is InChI=1S/C34H36N6O5S/c35-25(14-20-8-2-1-3-9-20)31(41)38-28(15-21-17-36-26-12-6-4-10-23(21)26)32(42)40-30(19-46)33(43)39-29(34(44)45)16-22-18-37-27-13-7-5-11-24(22)27/h1-13,17-18,25,28-30,36-37,46H,14-16,19,35H2,(H,38,41)(H,39,43)(H,40,42)(H,44,45). The Morgan fingerprint density at radius 3 is 1.70 bits per heavy atom. The summed E-state index contributed by atoms with van der Waals surface area (Å²) in [6, 6.07) is 19.9. The molecule has 0 saturated carbocycles. The molecule has 4 unspecified atom stereocenters. The number of amides is 3. The van der Waals surface area contributed by atoms with Crippen molar-refractivity contribution in [3.63, 3.8) is 0 Å². The van der Waals surface area contributed by atoms with Crippen LogP contribution >= 0.6 is 12.6 Å². The number of hydrogen-bond acceptors (Lipinski definition) is 6. The Hall–Kier alpha value is -5.07. The Balaban J connectivity index is 1.30. The van der Waals surface area contributed by atoms with Gasteiger partial charge < -0.3 is 36.8 Å². The van der Waals surface area contributed by atoms with E-state index in [0.29, 0.717) is 0 Å². The van der Waals surface area contributed by atoms with Crippen LogP contribution in [0.25, 0.3) is 21.8 Å². The zero-order valence-electron chi connectivity index (χ0n) is 24.9. The molecule has 0 aliphatic carbocycles. The quantitative estimate of drug-likeness (QED) is 0.0863. The molecule has 11 nitrogen and oxygen atoms in total. The summed E-state index contributed by atoms with van der Waals surface area (Å²) >= 11 is 4.26. The van der Waals surface area contributed by atoms with Gasteiger partial charge in [0.25, 0.3) is 0 Å². The molecule has 2 heterocycles. The molecular formula is C34H36N6O5S. The molecule has 5 aromatic rings. The molecule has 3 aromatic carbocycles. The Morgan fingerprint density at radius 1 is 0.652 bits per heavy atom. The number of carbonyl (C=O) groups is 4. The fourth-order valence-electron chi connectivity index (χ4n) is 5.43. The van der Waals surface area contributed by atoms with Crippen LogP contribution in [0, 0.1) is 0 Å². The first kappa shape index (κ1) is 32.3. The van der Waals surface area contributed by atoms with Gasteiger partial charge in [-0.05, 0) is 35.2 Å². The molecule has 0 radical (unpaired) electrons. The number of nitrogens with one attached hydrogen (secondary N) is 5. The van der Waals surface area contributed by atoms with Gasteiger partial charge >= 0.3 is 5.97 Å². The SMILES string of the molecule is NC(Cc1ccccc1)C(=O)NC(Cc1c[nH]c2ccccc12)C(=O)NC(CS)C(=O)NC(Cc1c[nH]c2ccccc12)C(=O)O. The lowest BCUT2D eigenvalue weighted by molar-refractivity contribution is -0.142. The van der Waals surface area contributed by atoms with Crippen molar-refractivity contribution in [2.45, 2.75) is 43.4 Å². The van der Waals surface area contributed by atoms with Crippen LogP contribution in [-0.2, 0) is 38.4 Å². The minimum absolute atomic E-state index is 0.0247. The van der Waals surface area contributed by atoms with Gasteiger partial charge in [-0.25, -0.2) is 4.79 Å². The lowest BCUT2D eigenvalue weighted by Crippen LogP contribution is -2.58. The molecule has 0 aliphatic rings. The van der Waals surface area contributed by atoms with E-state index in [4.69, 9.17) is 5.73 Å². The first-order valence-electron chi connectivity index (χ1n) is 14.9. The molecule has 0 aliphatic heterocycles. The number of aliphatic carboxylic acids is 1. The monoisotopic (exact) mass is 640 g/mol. The van der Waals surface area contributed by atoms with Crippen molar-refractivity contribution in [2.24, 2.45) is 5.73 Å². The van der Waals surface area contributed by atoms with Crippen molar-refractivity contribution >= 4 is 58.1 Å². The van der Waals surface area contributed by atoms with Crippen LogP contribution in [0.2, 0.25) is 0 Å². The Morgan fingerprint density at radius 2 is 1.13 bits per heavy atom. The van der Waals surface area contributed by atoms with E-state index in [2.05, 4.69) is 38.5 Å². The lowest BCUT2D eigenvalue weighted by atomic mass is 10.0. The molecule has 12 heteroatoms. The third kappa shape index (κ3) is 7.76. The minimum atomic E-state index is -1.26. The highest BCUT2D eigenvalue weighted by atomic mass is 32.1. The molecular weight excluding hydrogens is 604 g/mol. The van der Waals surface area contributed by atoms with Gasteiger partial charge in [0.2, 0.25) is 17.7 Å². The smallest absolute Gasteiger partial charge is 0.326 e. The van der Waals surface area contributed by atoms with Gasteiger partial charge in [0.15, 0.2) is 0 Å². The van der Waals surface area contributed by atoms with Gasteiger partial charge in [-0.15, -0.1) is 0 Å². The number of H-pyrrole nitrogens is 2. The topological polar surface area (TPSA) is 182 Å². The summed E-state index contributed by atoms with van der Waals surface area (Å²) in [6.07, 6.45) is 3.88. The third-order valence-electron chi connectivity index (χ3n) is 7.90. The summed E-state index contributed by atoms with van der Waals surface area (Å²) in [6.45, 7) is 0. The van der Waals surface area contributed by atoms with Crippen molar-refractivity contribution in [2.75, 3.05) is 5.75 Å². The number of nitrogens with two attached hydrogens (primary N) is 1. The molecule has 0 bridgehead atoms. The number of rotatable bonds is 14. The number of aromatic nitrogens is 2. The van der Waals surface area contributed by atoms with Crippen molar-refractivity contribution in [1.82, 2.24) is 25.9 Å². The summed E-state index contributed by atoms with van der Waals surface area (Å²) in [4.78, 5) is 58.7. The van der Waals surface area contributed by atoms with Gasteiger partial charge in [0.05, 0.1) is 6.04 Å². The second kappa shape index (κ2) is 14.8. The number of fused-ring (bicyclic) bond motifs is 2. The Labute approximate surface area is 270 Å². The molecule has 0 spiro atoms. The number of aromatic amines is 2. The average Bonchev–Trinajstić information content (AvgIpc) is 3.67. The van der Waals surface area contributed by atoms with Crippen LogP contribution in [0.15, 0.2) is 91.3 Å². The fourth-order valence-corrected chi connectivity index (χ4v) is 5.69. The summed E-state index contributed by atoms with van der Waals surface area (Å²) in [5.41, 5.74) is 10.3. The van der Waals surface area contributed by atoms with Crippen LogP contribution in [0.3, 0.4) is 0 Å². The lowest BCUT2D eigenvalue weighted by Gasteiger charge is -2.24. The summed E-state index contributed by atoms with van der Waals surface area (Å²) in [5, 5.41) is 19.6. The number of carbonyl (C=O) groups excluding carboxylic acids is 3. The molecule has 2 aromatic heterocycles. The summed E-state index contributed by atoms with van der Waals surface area (Å²) in [5.74, 6) is -3.21. The van der Waals surface area contributed by atoms with E-state index in [-0.39, 0.29) is 25.0 Å². The fraction of sp³-hybridized carbons (Fsp3) is 0.235. The maximum Gasteiger partial charge on any atom is 0.326 e. The highest BCUT2D eigenvalue weighted by Gasteiger charge is 2.31. The molecule has 4 atom stereocenters. The molecule has 3 amide bonds. The van der Waals surface area contributed by atoms with E-state index in [1.807, 2.05) is 78.9 Å². The van der Waals surface area contributed by atoms with E-state index < -0.39 is 47.9 Å². The number of para-hydroxylation sites is 2. The molecule has 0 saturated heterocycles. The molecule has 0 fully saturated rings. The van der Waals surface area contributed by atoms with E-state index in [9.17, 15) is 24.3 Å². The zero-order valence-corrected chi connectivity index (χ0v) is 25.8. The van der Waals surface area contributed by atoms with E-state index >= 15 is 0 Å². The highest BCUT2D eigenvalue weighted by molar-refractivity contribution is 7.80. The number of carboxylic acid groups (broad SMARTS) is 1. The minimum Gasteiger partial charge on any atom is -0.480 e. The van der Waals surface area contributed by atoms with Crippen LogP contribution in [0.1, 0.15) is 16.7 Å². The second-order valence-electron chi connectivity index (χ2n) is 11.1. The number of benzene rings is 3. The highest BCUT2D eigenvalue weighted by Crippen LogP contribution is 2.21. The number of hydrogen-bond donors (Lipinski definition) is 8. The molecule has 46 heavy (non-hydrogen) atoms. The van der Waals surface area contributed by atoms with Crippen LogP contribution in [0.4, 0.5) is 0 Å². The van der Waals surface area contributed by atoms with Gasteiger partial charge in [-0.3, -0.25) is 14.4 Å². The van der Waals surface area contributed by atoms with Gasteiger partial charge in [0, 0.05) is 52.8 Å². The first-order valence-corrected chi connectivity index (χ1v) is 15.5. The van der Waals surface area contributed by atoms with Crippen molar-refractivity contribution in [3.8, 4) is 0 Å². The van der Waals surface area contributed by atoms with Crippen LogP contribution < -0.4 is 21.7 Å². The van der Waals surface area contributed by atoms with Crippen LogP contribution in [-0.4, -0.2) is 68.7 Å². The Kier molecular flexibility index (Phi) is 10.4. The largest absolute Gasteiger partial charge is 0.480 e. The summed E-state index contributed by atoms with van der Waals surface area (Å²) in [7, 11) is 0. The number of carboxylic acids is 1. The Bertz CT molecular complexity index is 1840. The van der Waals surface area contributed by atoms with Gasteiger partial charge in [-0.1, -0.05) is 66.7 Å². The van der Waals surface area contributed by atoms with E-state index in [1.54, 1.807) is 12.4 Å². The van der Waals surface area contributed by atoms with Crippen molar-refractivity contribution < 1.29 is 24.3 Å². The first-order chi connectivity index (χ1) is 22.2. The van der Waals surface area contributed by atoms with E-state index in [0.717, 1.165) is 38.5 Å². The third-order valence-corrected chi connectivity index (χ3v) is 8.26. The molecule has 5 rings (SSSR count). The van der Waals surface area contributed by atoms with Crippen molar-refractivity contribution in [3.05, 3.63) is 108 Å². The van der Waals surface area contributed by atoms with Crippen LogP contribution in [0.5, 0.6) is 0 Å². The summed E-state index contributed by atoms with van der Waals surface area (Å²) < 4.78 is 0. The van der Waals surface area contributed by atoms with E-state index in [1.165, 1.54) is 0 Å². The van der Waals surface area contributed by atoms with Crippen molar-refractivity contribution in [1.29, 1.82) is 0 Å². The molecule has 238 valence electrons. The average molecular weight is 641 g/mol. The van der Waals surface area contributed by atoms with Gasteiger partial charge in [0.1, 0.15) is 18.1 Å². The normalized spacial score (nSPS) is 13.9. The zero-order chi connectivity index (χ0) is 32.6.